The molecule has 0 N–H and O–H groups in total. The summed E-state index contributed by atoms with van der Waals surface area (Å²) in [6.45, 7) is 0. The second-order valence-corrected chi connectivity index (χ2v) is 7.65. The predicted molar refractivity (Wildman–Crippen MR) is 123 cm³/mol. The van der Waals surface area contributed by atoms with Crippen molar-refractivity contribution in [1.29, 1.82) is 5.26 Å². The zero-order valence-electron chi connectivity index (χ0n) is 16.8. The Morgan fingerprint density at radius 1 is 0.688 bits per heavy atom. The third-order valence-electron chi connectivity index (χ3n) is 5.96. The Labute approximate surface area is 183 Å². The normalized spacial score (nSPS) is 13.0. The average molecular weight is 413 g/mol. The minimum Gasteiger partial charge on any atom is -0.307 e. The van der Waals surface area contributed by atoms with Gasteiger partial charge in [0.2, 0.25) is 0 Å². The summed E-state index contributed by atoms with van der Waals surface area (Å²) in [6, 6.07) is 29.9. The summed E-state index contributed by atoms with van der Waals surface area (Å²) in [5, 5.41) is 11.7. The summed E-state index contributed by atoms with van der Waals surface area (Å²) in [5.41, 5.74) is 3.93. The maximum Gasteiger partial charge on any atom is 0.268 e. The number of fused-ring (bicyclic) bond motifs is 4. The Morgan fingerprint density at radius 2 is 1.41 bits per heavy atom. The van der Waals surface area contributed by atoms with Gasteiger partial charge in [-0.15, -0.1) is 0 Å². The van der Waals surface area contributed by atoms with E-state index in [2.05, 4.69) is 6.07 Å². The van der Waals surface area contributed by atoms with Gasteiger partial charge in [-0.2, -0.15) is 5.26 Å². The van der Waals surface area contributed by atoms with Crippen LogP contribution in [0.3, 0.4) is 0 Å². The Hall–Kier alpha value is -4.69. The number of para-hydroxylation sites is 3. The van der Waals surface area contributed by atoms with Crippen LogP contribution in [0.4, 0.5) is 5.69 Å². The number of hydrogen-bond acceptors (Lipinski definition) is 3. The molecule has 5 nitrogen and oxygen atoms in total. The van der Waals surface area contributed by atoms with E-state index in [4.69, 9.17) is 0 Å². The lowest BCUT2D eigenvalue weighted by Crippen LogP contribution is -2.29. The highest BCUT2D eigenvalue weighted by atomic mass is 16.2. The lowest BCUT2D eigenvalue weighted by atomic mass is 10.1. The molecule has 6 rings (SSSR count). The molecule has 4 aromatic carbocycles. The Kier molecular flexibility index (Phi) is 3.77. The van der Waals surface area contributed by atoms with Gasteiger partial charge in [-0.25, -0.2) is 4.90 Å². The number of benzene rings is 4. The van der Waals surface area contributed by atoms with E-state index in [1.165, 1.54) is 4.90 Å². The maximum absolute atomic E-state index is 13.6. The van der Waals surface area contributed by atoms with E-state index in [1.807, 2.05) is 53.1 Å². The van der Waals surface area contributed by atoms with Gasteiger partial charge >= 0.3 is 0 Å². The second-order valence-electron chi connectivity index (χ2n) is 7.65. The number of aromatic nitrogens is 1. The maximum atomic E-state index is 13.6. The Bertz CT molecular complexity index is 1620. The van der Waals surface area contributed by atoms with Gasteiger partial charge < -0.3 is 4.57 Å². The number of amides is 2. The van der Waals surface area contributed by atoms with Crippen molar-refractivity contribution in [1.82, 2.24) is 4.57 Å². The third kappa shape index (κ3) is 2.32. The molecule has 0 saturated heterocycles. The molecule has 0 saturated carbocycles. The predicted octanol–water partition coefficient (Wildman–Crippen LogP) is 5.46. The monoisotopic (exact) mass is 413 g/mol. The summed E-state index contributed by atoms with van der Waals surface area (Å²) in [5.74, 6) is -0.716. The van der Waals surface area contributed by atoms with Crippen molar-refractivity contribution >= 4 is 39.3 Å². The van der Waals surface area contributed by atoms with Gasteiger partial charge in [0.25, 0.3) is 11.8 Å². The largest absolute Gasteiger partial charge is 0.307 e. The molecule has 1 aliphatic rings. The van der Waals surface area contributed by atoms with Gasteiger partial charge in [-0.05, 0) is 36.4 Å². The fraction of sp³-hybridized carbons (Fsp3) is 0. The molecule has 0 radical (unpaired) electrons. The molecule has 2 heterocycles. The lowest BCUT2D eigenvalue weighted by molar-refractivity contribution is 0.0926. The standard InChI is InChI=1S/C27H15N3O2/c28-16-17-8-6-12-20-19-11-4-5-14-22(19)30(25(17)20)23-15-7-13-21-24(23)27(32)29(26(21)31)18-9-2-1-3-10-18/h1-15H. The van der Waals surface area contributed by atoms with Crippen molar-refractivity contribution in [3.8, 4) is 11.8 Å². The number of nitriles is 1. The zero-order chi connectivity index (χ0) is 21.8. The van der Waals surface area contributed by atoms with E-state index in [9.17, 15) is 14.9 Å². The van der Waals surface area contributed by atoms with Crippen molar-refractivity contribution in [3.05, 3.63) is 108 Å². The molecule has 2 amide bonds. The topological polar surface area (TPSA) is 66.1 Å². The average Bonchev–Trinajstić information content (AvgIpc) is 3.31. The molecular weight excluding hydrogens is 398 g/mol. The van der Waals surface area contributed by atoms with E-state index in [-0.39, 0.29) is 11.8 Å². The van der Waals surface area contributed by atoms with Crippen LogP contribution in [-0.4, -0.2) is 16.4 Å². The van der Waals surface area contributed by atoms with Gasteiger partial charge in [-0.1, -0.05) is 54.6 Å². The van der Waals surface area contributed by atoms with Crippen LogP contribution >= 0.6 is 0 Å². The first-order valence-electron chi connectivity index (χ1n) is 10.2. The number of rotatable bonds is 2. The molecule has 5 aromatic rings. The Balaban J connectivity index is 1.70. The number of hydrogen-bond donors (Lipinski definition) is 0. The number of anilines is 1. The number of carbonyl (C=O) groups is 2. The molecule has 0 fully saturated rings. The van der Waals surface area contributed by atoms with Gasteiger partial charge in [-0.3, -0.25) is 9.59 Å². The molecule has 0 spiro atoms. The molecule has 0 bridgehead atoms. The molecular formula is C27H15N3O2. The summed E-state index contributed by atoms with van der Waals surface area (Å²) < 4.78 is 1.93. The van der Waals surface area contributed by atoms with E-state index >= 15 is 0 Å². The molecule has 150 valence electrons. The van der Waals surface area contributed by atoms with Gasteiger partial charge in [0, 0.05) is 10.8 Å². The van der Waals surface area contributed by atoms with Crippen LogP contribution in [0, 0.1) is 11.3 Å². The smallest absolute Gasteiger partial charge is 0.268 e. The fourth-order valence-electron chi connectivity index (χ4n) is 4.62. The molecule has 1 aromatic heterocycles. The van der Waals surface area contributed by atoms with Crippen molar-refractivity contribution in [2.45, 2.75) is 0 Å². The second kappa shape index (κ2) is 6.66. The minimum atomic E-state index is -0.368. The summed E-state index contributed by atoms with van der Waals surface area (Å²) >= 11 is 0. The molecule has 5 heteroatoms. The van der Waals surface area contributed by atoms with Crippen LogP contribution in [0.2, 0.25) is 0 Å². The van der Waals surface area contributed by atoms with Gasteiger partial charge in [0.05, 0.1) is 39.1 Å². The zero-order valence-corrected chi connectivity index (χ0v) is 16.8. The summed E-state index contributed by atoms with van der Waals surface area (Å²) in [4.78, 5) is 28.0. The van der Waals surface area contributed by atoms with Crippen molar-refractivity contribution in [2.75, 3.05) is 4.90 Å². The quantitative estimate of drug-likeness (QED) is 0.361. The van der Waals surface area contributed by atoms with E-state index < -0.39 is 0 Å². The first-order chi connectivity index (χ1) is 15.7. The summed E-state index contributed by atoms with van der Waals surface area (Å²) in [7, 11) is 0. The first kappa shape index (κ1) is 18.1. The SMILES string of the molecule is N#Cc1cccc2c3ccccc3n(-c3cccc4c3C(=O)N(c3ccccc3)C4=O)c12. The van der Waals surface area contributed by atoms with E-state index in [0.717, 1.165) is 21.8 Å². The number of nitrogens with zero attached hydrogens (tertiary/aromatic N) is 3. The fourth-order valence-corrected chi connectivity index (χ4v) is 4.62. The highest BCUT2D eigenvalue weighted by Gasteiger charge is 2.39. The van der Waals surface area contributed by atoms with Crippen LogP contribution in [0.1, 0.15) is 26.3 Å². The van der Waals surface area contributed by atoms with Crippen LogP contribution < -0.4 is 4.90 Å². The van der Waals surface area contributed by atoms with Crippen LogP contribution in [-0.2, 0) is 0 Å². The molecule has 0 unspecified atom stereocenters. The molecule has 32 heavy (non-hydrogen) atoms. The van der Waals surface area contributed by atoms with Gasteiger partial charge in [0.15, 0.2) is 0 Å². The van der Waals surface area contributed by atoms with Crippen molar-refractivity contribution in [2.24, 2.45) is 0 Å². The van der Waals surface area contributed by atoms with Crippen LogP contribution in [0.5, 0.6) is 0 Å². The van der Waals surface area contributed by atoms with E-state index in [1.54, 1.807) is 42.5 Å². The van der Waals surface area contributed by atoms with Crippen LogP contribution in [0.25, 0.3) is 27.5 Å². The van der Waals surface area contributed by atoms with Gasteiger partial charge in [0.1, 0.15) is 6.07 Å². The van der Waals surface area contributed by atoms with E-state index in [0.29, 0.717) is 28.1 Å². The third-order valence-corrected chi connectivity index (χ3v) is 5.96. The lowest BCUT2D eigenvalue weighted by Gasteiger charge is -2.14. The molecule has 0 aliphatic carbocycles. The highest BCUT2D eigenvalue weighted by Crippen LogP contribution is 2.38. The number of carbonyl (C=O) groups excluding carboxylic acids is 2. The molecule has 1 aliphatic heterocycles. The van der Waals surface area contributed by atoms with Crippen molar-refractivity contribution < 1.29 is 9.59 Å². The Morgan fingerprint density at radius 3 is 2.22 bits per heavy atom. The van der Waals surface area contributed by atoms with Crippen LogP contribution in [0.15, 0.2) is 91.0 Å². The first-order valence-corrected chi connectivity index (χ1v) is 10.2. The number of imide groups is 1. The highest BCUT2D eigenvalue weighted by molar-refractivity contribution is 6.35. The minimum absolute atomic E-state index is 0.344. The molecule has 0 atom stereocenters. The summed E-state index contributed by atoms with van der Waals surface area (Å²) in [6.07, 6.45) is 0. The van der Waals surface area contributed by atoms with Crippen molar-refractivity contribution in [3.63, 3.8) is 0 Å².